The first-order valence-corrected chi connectivity index (χ1v) is 19.0. The molecule has 0 N–H and O–H groups in total. The lowest BCUT2D eigenvalue weighted by atomic mass is 10.0. The Bertz CT molecular complexity index is 682. The summed E-state index contributed by atoms with van der Waals surface area (Å²) in [5, 5.41) is 0. The molecule has 44 heavy (non-hydrogen) atoms. The largest absolute Gasteiger partial charge is 0.469 e. The predicted molar refractivity (Wildman–Crippen MR) is 182 cm³/mol. The minimum atomic E-state index is -1.11. The van der Waals surface area contributed by atoms with E-state index in [0.717, 1.165) is 32.1 Å². The second-order valence-corrected chi connectivity index (χ2v) is 13.4. The lowest BCUT2D eigenvalue weighted by molar-refractivity contribution is -0.200. The lowest BCUT2D eigenvalue weighted by Crippen LogP contribution is -2.36. The Morgan fingerprint density at radius 1 is 0.523 bits per heavy atom. The minimum absolute atomic E-state index is 0.00432. The number of hydrogen-bond acceptors (Lipinski definition) is 6. The monoisotopic (exact) mass is 625 g/mol. The van der Waals surface area contributed by atoms with Crippen LogP contribution in [0.1, 0.15) is 200 Å². The fraction of sp³-hybridized carbons (Fsp3) is 0.947. The van der Waals surface area contributed by atoms with Gasteiger partial charge in [0, 0.05) is 6.42 Å². The summed E-state index contributed by atoms with van der Waals surface area (Å²) in [7, 11) is 2.78. The Morgan fingerprint density at radius 3 is 1.30 bits per heavy atom. The van der Waals surface area contributed by atoms with Gasteiger partial charge in [0.1, 0.15) is 0 Å². The third-order valence-electron chi connectivity index (χ3n) is 9.37. The summed E-state index contributed by atoms with van der Waals surface area (Å²) >= 11 is 0. The van der Waals surface area contributed by atoms with Gasteiger partial charge in [0.15, 0.2) is 11.9 Å². The molecule has 3 atom stereocenters. The van der Waals surface area contributed by atoms with E-state index < -0.39 is 17.9 Å². The number of carbonyl (C=O) groups excluding carboxylic acids is 2. The van der Waals surface area contributed by atoms with Gasteiger partial charge in [-0.3, -0.25) is 4.79 Å². The van der Waals surface area contributed by atoms with E-state index in [1.165, 1.54) is 155 Å². The molecule has 0 aliphatic carbocycles. The summed E-state index contributed by atoms with van der Waals surface area (Å²) in [6.07, 6.45) is 33.6. The molecule has 0 saturated carbocycles. The van der Waals surface area contributed by atoms with Crippen LogP contribution in [0.15, 0.2) is 0 Å². The van der Waals surface area contributed by atoms with E-state index >= 15 is 0 Å². The molecule has 0 radical (unpaired) electrons. The number of methoxy groups -OCH3 is 2. The van der Waals surface area contributed by atoms with E-state index in [-0.39, 0.29) is 18.5 Å². The van der Waals surface area contributed by atoms with Gasteiger partial charge in [-0.1, -0.05) is 174 Å². The van der Waals surface area contributed by atoms with E-state index in [1.54, 1.807) is 0 Å². The molecule has 1 rings (SSSR count). The molecule has 0 aromatic rings. The summed E-state index contributed by atoms with van der Waals surface area (Å²) in [4.78, 5) is 25.0. The highest BCUT2D eigenvalue weighted by Crippen LogP contribution is 2.39. The molecule has 0 amide bonds. The quantitative estimate of drug-likeness (QED) is 0.0564. The summed E-state index contributed by atoms with van der Waals surface area (Å²) in [6.45, 7) is 4.54. The first-order chi connectivity index (χ1) is 21.5. The van der Waals surface area contributed by atoms with E-state index in [2.05, 4.69) is 13.8 Å². The summed E-state index contributed by atoms with van der Waals surface area (Å²) < 4.78 is 22.8. The smallest absolute Gasteiger partial charge is 0.337 e. The first kappa shape index (κ1) is 40.9. The average molecular weight is 625 g/mol. The average Bonchev–Trinajstić information content (AvgIpc) is 3.39. The van der Waals surface area contributed by atoms with Crippen LogP contribution in [0, 0.1) is 0 Å². The molecule has 1 fully saturated rings. The van der Waals surface area contributed by atoms with E-state index in [0.29, 0.717) is 6.42 Å². The number of ether oxygens (including phenoxy) is 4. The summed E-state index contributed by atoms with van der Waals surface area (Å²) in [5.74, 6) is -1.89. The third kappa shape index (κ3) is 20.1. The normalized spacial score (nSPS) is 19.8. The van der Waals surface area contributed by atoms with Crippen LogP contribution in [-0.2, 0) is 28.5 Å². The van der Waals surface area contributed by atoms with Gasteiger partial charge in [-0.25, -0.2) is 4.79 Å². The molecule has 1 saturated heterocycles. The van der Waals surface area contributed by atoms with Crippen molar-refractivity contribution in [2.24, 2.45) is 0 Å². The third-order valence-corrected chi connectivity index (χ3v) is 9.37. The summed E-state index contributed by atoms with van der Waals surface area (Å²) in [6, 6.07) is 0. The molecule has 1 heterocycles. The number of carbonyl (C=O) groups is 2. The molecule has 1 aliphatic heterocycles. The van der Waals surface area contributed by atoms with Gasteiger partial charge in [-0.2, -0.15) is 0 Å². The van der Waals surface area contributed by atoms with Crippen molar-refractivity contribution in [1.29, 1.82) is 0 Å². The predicted octanol–water partition coefficient (Wildman–Crippen LogP) is 11.2. The van der Waals surface area contributed by atoms with E-state index in [4.69, 9.17) is 18.9 Å². The van der Waals surface area contributed by atoms with Crippen LogP contribution in [0.5, 0.6) is 0 Å². The highest BCUT2D eigenvalue weighted by molar-refractivity contribution is 5.76. The van der Waals surface area contributed by atoms with Gasteiger partial charge in [0.05, 0.1) is 26.7 Å². The van der Waals surface area contributed by atoms with Gasteiger partial charge in [-0.15, -0.1) is 0 Å². The molecular weight excluding hydrogens is 552 g/mol. The van der Waals surface area contributed by atoms with Crippen molar-refractivity contribution in [1.82, 2.24) is 0 Å². The Kier molecular flexibility index (Phi) is 26.1. The molecule has 0 aromatic carbocycles. The molecule has 260 valence electrons. The van der Waals surface area contributed by atoms with Gasteiger partial charge in [0.25, 0.3) is 0 Å². The van der Waals surface area contributed by atoms with E-state index in [1.807, 2.05) is 0 Å². The second kappa shape index (κ2) is 28.1. The van der Waals surface area contributed by atoms with E-state index in [9.17, 15) is 9.59 Å². The van der Waals surface area contributed by atoms with Gasteiger partial charge in [-0.05, 0) is 12.8 Å². The van der Waals surface area contributed by atoms with Crippen molar-refractivity contribution in [3.63, 3.8) is 0 Å². The Hall–Kier alpha value is -1.14. The topological polar surface area (TPSA) is 71.1 Å². The van der Waals surface area contributed by atoms with Crippen LogP contribution >= 0.6 is 0 Å². The van der Waals surface area contributed by atoms with Crippen molar-refractivity contribution in [3.8, 4) is 0 Å². The lowest BCUT2D eigenvalue weighted by Gasteiger charge is -2.27. The maximum absolute atomic E-state index is 12.6. The standard InChI is InChI=1S/C38H72O6/c1-5-7-9-11-13-15-17-19-21-23-25-27-29-31-34-36(37(40)42-4)44-38(43-34,33-35(39)41-3)32-30-28-26-24-22-20-18-16-14-12-10-8-6-2/h34,36H,5-33H2,1-4H3/t34-,36+,38+/m0/s1. The maximum Gasteiger partial charge on any atom is 0.337 e. The maximum atomic E-state index is 12.6. The first-order valence-electron chi connectivity index (χ1n) is 19.0. The second-order valence-electron chi connectivity index (χ2n) is 13.4. The summed E-state index contributed by atoms with van der Waals surface area (Å²) in [5.41, 5.74) is 0. The molecule has 0 unspecified atom stereocenters. The number of esters is 2. The highest BCUT2D eigenvalue weighted by atomic mass is 16.8. The molecule has 0 aromatic heterocycles. The molecule has 6 heteroatoms. The van der Waals surface area contributed by atoms with Gasteiger partial charge < -0.3 is 18.9 Å². The van der Waals surface area contributed by atoms with Crippen LogP contribution < -0.4 is 0 Å². The Morgan fingerprint density at radius 2 is 0.909 bits per heavy atom. The van der Waals surface area contributed by atoms with Crippen molar-refractivity contribution in [2.45, 2.75) is 218 Å². The zero-order valence-electron chi connectivity index (χ0n) is 29.6. The molecule has 0 spiro atoms. The Labute approximate surface area is 272 Å². The van der Waals surface area contributed by atoms with Gasteiger partial charge in [0.2, 0.25) is 0 Å². The zero-order valence-corrected chi connectivity index (χ0v) is 29.6. The van der Waals surface area contributed by atoms with Crippen LogP contribution in [0.2, 0.25) is 0 Å². The van der Waals surface area contributed by atoms with Crippen molar-refractivity contribution >= 4 is 11.9 Å². The number of hydrogen-bond donors (Lipinski definition) is 0. The molecular formula is C38H72O6. The minimum Gasteiger partial charge on any atom is -0.469 e. The van der Waals surface area contributed by atoms with Crippen LogP contribution in [0.25, 0.3) is 0 Å². The Balaban J connectivity index is 2.35. The molecule has 6 nitrogen and oxygen atoms in total. The van der Waals surface area contributed by atoms with Gasteiger partial charge >= 0.3 is 11.9 Å². The fourth-order valence-corrected chi connectivity index (χ4v) is 6.56. The fourth-order valence-electron chi connectivity index (χ4n) is 6.56. The SMILES string of the molecule is CCCCCCCCCCCCCCC[C@@H]1O[C@@](CCCCCCCCCCCCCCC)(CC(=O)OC)O[C@H]1C(=O)OC. The number of unbranched alkanes of at least 4 members (excludes halogenated alkanes) is 24. The van der Waals surface area contributed by atoms with Crippen LogP contribution in [0.3, 0.4) is 0 Å². The molecule has 0 bridgehead atoms. The highest BCUT2D eigenvalue weighted by Gasteiger charge is 2.51. The van der Waals surface area contributed by atoms with Crippen LogP contribution in [-0.4, -0.2) is 44.2 Å². The molecule has 1 aliphatic rings. The number of rotatable bonds is 31. The van der Waals surface area contributed by atoms with Crippen molar-refractivity contribution < 1.29 is 28.5 Å². The van der Waals surface area contributed by atoms with Crippen molar-refractivity contribution in [2.75, 3.05) is 14.2 Å². The zero-order chi connectivity index (χ0) is 32.1. The van der Waals surface area contributed by atoms with Crippen molar-refractivity contribution in [3.05, 3.63) is 0 Å². The van der Waals surface area contributed by atoms with Crippen LogP contribution in [0.4, 0.5) is 0 Å².